The minimum absolute atomic E-state index is 0.251. The summed E-state index contributed by atoms with van der Waals surface area (Å²) in [5.41, 5.74) is 2.01. The summed E-state index contributed by atoms with van der Waals surface area (Å²) >= 11 is 1.39. The summed E-state index contributed by atoms with van der Waals surface area (Å²) in [5.74, 6) is 0.821. The lowest BCUT2D eigenvalue weighted by Crippen LogP contribution is -2.22. The number of furan rings is 1. The third kappa shape index (κ3) is 4.89. The van der Waals surface area contributed by atoms with Gasteiger partial charge < -0.3 is 14.5 Å². The number of rotatable bonds is 7. The SMILES string of the molecule is O=C(NCc1ccco1)c1csc(-c2ccc(OCc3cccc(F)c3)cc2)n1. The lowest BCUT2D eigenvalue weighted by molar-refractivity contribution is 0.0944. The molecule has 0 unspecified atom stereocenters. The van der Waals surface area contributed by atoms with E-state index in [1.165, 1.54) is 23.5 Å². The van der Waals surface area contributed by atoms with E-state index in [0.717, 1.165) is 16.1 Å². The van der Waals surface area contributed by atoms with Crippen LogP contribution < -0.4 is 10.1 Å². The maximum absolute atomic E-state index is 13.2. The molecule has 0 saturated carbocycles. The highest BCUT2D eigenvalue weighted by Gasteiger charge is 2.12. The summed E-state index contributed by atoms with van der Waals surface area (Å²) in [6, 6.07) is 17.3. The van der Waals surface area contributed by atoms with Crippen molar-refractivity contribution in [1.82, 2.24) is 10.3 Å². The van der Waals surface area contributed by atoms with Gasteiger partial charge >= 0.3 is 0 Å². The van der Waals surface area contributed by atoms with Crippen LogP contribution in [0.2, 0.25) is 0 Å². The zero-order chi connectivity index (χ0) is 20.1. The molecule has 7 heteroatoms. The van der Waals surface area contributed by atoms with Gasteiger partial charge in [-0.25, -0.2) is 9.37 Å². The lowest BCUT2D eigenvalue weighted by Gasteiger charge is -2.07. The largest absolute Gasteiger partial charge is 0.489 e. The number of nitrogens with one attached hydrogen (secondary N) is 1. The van der Waals surface area contributed by atoms with Crippen LogP contribution in [0.15, 0.2) is 76.7 Å². The summed E-state index contributed by atoms with van der Waals surface area (Å²) in [7, 11) is 0. The number of nitrogens with zero attached hydrogens (tertiary/aromatic N) is 1. The molecule has 0 spiro atoms. The number of hydrogen-bond donors (Lipinski definition) is 1. The summed E-state index contributed by atoms with van der Waals surface area (Å²) in [5, 5.41) is 5.24. The van der Waals surface area contributed by atoms with Crippen molar-refractivity contribution < 1.29 is 18.3 Å². The second-order valence-corrected chi connectivity index (χ2v) is 7.10. The maximum Gasteiger partial charge on any atom is 0.271 e. The number of halogens is 1. The van der Waals surface area contributed by atoms with E-state index in [1.54, 1.807) is 29.8 Å². The number of carbonyl (C=O) groups is 1. The first-order valence-electron chi connectivity index (χ1n) is 8.91. The lowest BCUT2D eigenvalue weighted by atomic mass is 10.2. The monoisotopic (exact) mass is 408 g/mol. The molecule has 0 radical (unpaired) electrons. The fourth-order valence-electron chi connectivity index (χ4n) is 2.67. The predicted molar refractivity (Wildman–Crippen MR) is 108 cm³/mol. The fourth-order valence-corrected chi connectivity index (χ4v) is 3.48. The molecule has 4 rings (SSSR count). The third-order valence-corrected chi connectivity index (χ3v) is 5.03. The van der Waals surface area contributed by atoms with E-state index in [-0.39, 0.29) is 18.3 Å². The van der Waals surface area contributed by atoms with Crippen LogP contribution in [0, 0.1) is 5.82 Å². The molecule has 146 valence electrons. The molecular weight excluding hydrogens is 391 g/mol. The van der Waals surface area contributed by atoms with Crippen molar-refractivity contribution in [3.05, 3.63) is 95.1 Å². The Balaban J connectivity index is 1.36. The van der Waals surface area contributed by atoms with Crippen molar-refractivity contribution in [2.75, 3.05) is 0 Å². The van der Waals surface area contributed by atoms with Crippen molar-refractivity contribution in [3.8, 4) is 16.3 Å². The van der Waals surface area contributed by atoms with Gasteiger partial charge in [-0.2, -0.15) is 0 Å². The van der Waals surface area contributed by atoms with E-state index in [2.05, 4.69) is 10.3 Å². The summed E-state index contributed by atoms with van der Waals surface area (Å²) < 4.78 is 24.1. The van der Waals surface area contributed by atoms with Crippen molar-refractivity contribution in [2.24, 2.45) is 0 Å². The van der Waals surface area contributed by atoms with E-state index >= 15 is 0 Å². The Morgan fingerprint density at radius 1 is 1.14 bits per heavy atom. The molecule has 2 aromatic carbocycles. The number of hydrogen-bond acceptors (Lipinski definition) is 5. The molecule has 0 fully saturated rings. The van der Waals surface area contributed by atoms with Gasteiger partial charge in [0.25, 0.3) is 5.91 Å². The Labute approximate surface area is 170 Å². The van der Waals surface area contributed by atoms with Crippen molar-refractivity contribution in [3.63, 3.8) is 0 Å². The minimum atomic E-state index is -0.283. The van der Waals surface area contributed by atoms with Gasteiger partial charge in [-0.05, 0) is 54.1 Å². The molecule has 0 saturated heterocycles. The van der Waals surface area contributed by atoms with Crippen LogP contribution in [0.4, 0.5) is 4.39 Å². The zero-order valence-electron chi connectivity index (χ0n) is 15.3. The molecule has 2 heterocycles. The molecule has 5 nitrogen and oxygen atoms in total. The van der Waals surface area contributed by atoms with Gasteiger partial charge in [-0.15, -0.1) is 11.3 Å². The van der Waals surface area contributed by atoms with Crippen LogP contribution in [0.25, 0.3) is 10.6 Å². The third-order valence-electron chi connectivity index (χ3n) is 4.14. The quantitative estimate of drug-likeness (QED) is 0.465. The van der Waals surface area contributed by atoms with Gasteiger partial charge in [-0.1, -0.05) is 12.1 Å². The number of ether oxygens (including phenoxy) is 1. The Morgan fingerprint density at radius 3 is 2.76 bits per heavy atom. The maximum atomic E-state index is 13.2. The Kier molecular flexibility index (Phi) is 5.67. The van der Waals surface area contributed by atoms with Crippen LogP contribution in [0.1, 0.15) is 21.8 Å². The van der Waals surface area contributed by atoms with Gasteiger partial charge in [0.2, 0.25) is 0 Å². The normalized spacial score (nSPS) is 10.7. The molecule has 0 aliphatic rings. The zero-order valence-corrected chi connectivity index (χ0v) is 16.1. The average Bonchev–Trinajstić information content (AvgIpc) is 3.43. The highest BCUT2D eigenvalue weighted by Crippen LogP contribution is 2.26. The molecule has 0 bridgehead atoms. The number of thiazole rings is 1. The Bertz CT molecular complexity index is 1090. The topological polar surface area (TPSA) is 64.4 Å². The summed E-state index contributed by atoms with van der Waals surface area (Å²) in [6.45, 7) is 0.602. The second-order valence-electron chi connectivity index (χ2n) is 6.24. The molecule has 1 N–H and O–H groups in total. The van der Waals surface area contributed by atoms with Crippen molar-refractivity contribution >= 4 is 17.2 Å². The standard InChI is InChI=1S/C22H17FN2O3S/c23-17-4-1-3-15(11-17)13-28-18-8-6-16(7-9-18)22-25-20(14-29-22)21(26)24-12-19-5-2-10-27-19/h1-11,14H,12-13H2,(H,24,26). The van der Waals surface area contributed by atoms with E-state index in [4.69, 9.17) is 9.15 Å². The van der Waals surface area contributed by atoms with Gasteiger partial charge in [0, 0.05) is 10.9 Å². The van der Waals surface area contributed by atoms with Crippen LogP contribution in [-0.4, -0.2) is 10.9 Å². The molecule has 2 aromatic heterocycles. The first-order valence-corrected chi connectivity index (χ1v) is 9.79. The predicted octanol–water partition coefficient (Wildman–Crippen LogP) is 5.05. The minimum Gasteiger partial charge on any atom is -0.489 e. The molecule has 0 aliphatic carbocycles. The second kappa shape index (κ2) is 8.70. The highest BCUT2D eigenvalue weighted by molar-refractivity contribution is 7.13. The summed E-state index contributed by atoms with van der Waals surface area (Å²) in [4.78, 5) is 16.6. The number of benzene rings is 2. The van der Waals surface area contributed by atoms with E-state index in [9.17, 15) is 9.18 Å². The molecule has 1 amide bonds. The fraction of sp³-hybridized carbons (Fsp3) is 0.0909. The summed E-state index contributed by atoms with van der Waals surface area (Å²) in [6.07, 6.45) is 1.56. The first kappa shape index (κ1) is 18.9. The van der Waals surface area contributed by atoms with Crippen molar-refractivity contribution in [2.45, 2.75) is 13.2 Å². The van der Waals surface area contributed by atoms with Gasteiger partial charge in [-0.3, -0.25) is 4.79 Å². The van der Waals surface area contributed by atoms with Gasteiger partial charge in [0.15, 0.2) is 0 Å². The Hall–Kier alpha value is -3.45. The number of carbonyl (C=O) groups excluding carboxylic acids is 1. The van der Waals surface area contributed by atoms with E-state index < -0.39 is 0 Å². The number of amides is 1. The number of aromatic nitrogens is 1. The smallest absolute Gasteiger partial charge is 0.271 e. The molecule has 29 heavy (non-hydrogen) atoms. The van der Waals surface area contributed by atoms with Gasteiger partial charge in [0.05, 0.1) is 12.8 Å². The first-order chi connectivity index (χ1) is 14.2. The molecular formula is C22H17FN2O3S. The van der Waals surface area contributed by atoms with Crippen LogP contribution in [0.3, 0.4) is 0 Å². The van der Waals surface area contributed by atoms with E-state index in [0.29, 0.717) is 23.7 Å². The van der Waals surface area contributed by atoms with Crippen molar-refractivity contribution in [1.29, 1.82) is 0 Å². The van der Waals surface area contributed by atoms with Gasteiger partial charge in [0.1, 0.15) is 34.6 Å². The average molecular weight is 408 g/mol. The highest BCUT2D eigenvalue weighted by atomic mass is 32.1. The molecule has 0 atom stereocenters. The molecule has 4 aromatic rings. The van der Waals surface area contributed by atoms with Crippen LogP contribution in [0.5, 0.6) is 5.75 Å². The Morgan fingerprint density at radius 2 is 2.00 bits per heavy atom. The van der Waals surface area contributed by atoms with E-state index in [1.807, 2.05) is 30.3 Å². The van der Waals surface area contributed by atoms with Crippen LogP contribution in [-0.2, 0) is 13.2 Å². The van der Waals surface area contributed by atoms with Crippen LogP contribution >= 0.6 is 11.3 Å². The molecule has 0 aliphatic heterocycles.